The Kier molecular flexibility index (Phi) is 7.27. The predicted molar refractivity (Wildman–Crippen MR) is 140 cm³/mol. The summed E-state index contributed by atoms with van der Waals surface area (Å²) in [6, 6.07) is 8.59. The molecule has 0 spiro atoms. The molecule has 0 fully saturated rings. The third-order valence-corrected chi connectivity index (χ3v) is 8.11. The summed E-state index contributed by atoms with van der Waals surface area (Å²) in [6.45, 7) is 12.0. The minimum absolute atomic E-state index is 0.0400. The van der Waals surface area contributed by atoms with Gasteiger partial charge in [0.2, 0.25) is 0 Å². The Labute approximate surface area is 210 Å². The summed E-state index contributed by atoms with van der Waals surface area (Å²) >= 11 is 1.48. The molecule has 1 amide bonds. The lowest BCUT2D eigenvalue weighted by atomic mass is 9.89. The van der Waals surface area contributed by atoms with E-state index in [2.05, 4.69) is 24.6 Å². The van der Waals surface area contributed by atoms with E-state index in [0.29, 0.717) is 30.2 Å². The molecule has 2 aliphatic rings. The molecule has 4 rings (SSSR count). The molecule has 8 heteroatoms. The molecule has 3 heterocycles. The number of carbonyl (C=O) groups is 1. The standard InChI is InChI=1S/C27H30FN5OS/c1-6-17-13-20(18-9-11-19(28)12-10-18)24(35-23(17)14-29)25-30-15-22-26(31-25)33(16(4)5)21(7-2)27(34)32(22)8-3/h8-12,15-17,21,23H,3,6-7,13H2,1-2,4-5H3. The number of anilines is 2. The number of aromatic nitrogens is 2. The highest BCUT2D eigenvalue weighted by Crippen LogP contribution is 2.49. The molecule has 0 bridgehead atoms. The van der Waals surface area contributed by atoms with Gasteiger partial charge in [0, 0.05) is 12.2 Å². The third-order valence-electron chi connectivity index (χ3n) is 6.70. The van der Waals surface area contributed by atoms with E-state index in [1.54, 1.807) is 18.3 Å². The Balaban J connectivity index is 1.92. The number of carbonyl (C=O) groups excluding carboxylic acids is 1. The molecule has 0 saturated carbocycles. The van der Waals surface area contributed by atoms with Gasteiger partial charge in [0.1, 0.15) is 17.5 Å². The number of fused-ring (bicyclic) bond motifs is 1. The Morgan fingerprint density at radius 3 is 2.57 bits per heavy atom. The highest BCUT2D eigenvalue weighted by molar-refractivity contribution is 8.09. The molecule has 2 aromatic rings. The number of nitrogens with zero attached hydrogens (tertiary/aromatic N) is 5. The zero-order valence-electron chi connectivity index (χ0n) is 20.5. The van der Waals surface area contributed by atoms with Crippen LogP contribution in [-0.4, -0.2) is 33.2 Å². The molecule has 0 aliphatic carbocycles. The lowest BCUT2D eigenvalue weighted by Crippen LogP contribution is -2.54. The van der Waals surface area contributed by atoms with Crippen LogP contribution in [0.15, 0.2) is 43.2 Å². The summed E-state index contributed by atoms with van der Waals surface area (Å²) in [6.07, 6.45) is 5.37. The van der Waals surface area contributed by atoms with Crippen LogP contribution in [0.4, 0.5) is 15.9 Å². The molecule has 0 radical (unpaired) electrons. The van der Waals surface area contributed by atoms with Gasteiger partial charge in [-0.15, -0.1) is 11.8 Å². The molecule has 6 nitrogen and oxygen atoms in total. The summed E-state index contributed by atoms with van der Waals surface area (Å²) < 4.78 is 13.7. The smallest absolute Gasteiger partial charge is 0.253 e. The van der Waals surface area contributed by atoms with E-state index in [4.69, 9.17) is 4.98 Å². The Morgan fingerprint density at radius 1 is 1.29 bits per heavy atom. The first-order valence-corrected chi connectivity index (χ1v) is 12.9. The highest BCUT2D eigenvalue weighted by atomic mass is 32.2. The van der Waals surface area contributed by atoms with Gasteiger partial charge in [-0.3, -0.25) is 9.69 Å². The maximum Gasteiger partial charge on any atom is 0.253 e. The lowest BCUT2D eigenvalue weighted by Gasteiger charge is -2.42. The summed E-state index contributed by atoms with van der Waals surface area (Å²) in [5.41, 5.74) is 2.52. The number of allylic oxidation sites excluding steroid dienone is 1. The van der Waals surface area contributed by atoms with Gasteiger partial charge < -0.3 is 4.90 Å². The maximum absolute atomic E-state index is 13.7. The number of hydrogen-bond donors (Lipinski definition) is 0. The van der Waals surface area contributed by atoms with Crippen LogP contribution in [0.5, 0.6) is 0 Å². The second-order valence-electron chi connectivity index (χ2n) is 9.07. The van der Waals surface area contributed by atoms with Crippen molar-refractivity contribution in [3.8, 4) is 6.07 Å². The second-order valence-corrected chi connectivity index (χ2v) is 10.2. The van der Waals surface area contributed by atoms with E-state index in [9.17, 15) is 14.4 Å². The van der Waals surface area contributed by atoms with Crippen LogP contribution in [0, 0.1) is 23.1 Å². The first-order valence-electron chi connectivity index (χ1n) is 12.0. The number of halogens is 1. The number of nitriles is 1. The topological polar surface area (TPSA) is 73.1 Å². The van der Waals surface area contributed by atoms with Gasteiger partial charge in [0.05, 0.1) is 22.4 Å². The zero-order chi connectivity index (χ0) is 25.3. The molecule has 2 aliphatic heterocycles. The van der Waals surface area contributed by atoms with E-state index in [1.165, 1.54) is 35.0 Å². The first kappa shape index (κ1) is 24.9. The van der Waals surface area contributed by atoms with Crippen LogP contribution >= 0.6 is 11.8 Å². The fourth-order valence-electron chi connectivity index (χ4n) is 4.88. The molecule has 3 unspecified atom stereocenters. The quantitative estimate of drug-likeness (QED) is 0.492. The van der Waals surface area contributed by atoms with Crippen molar-refractivity contribution in [1.82, 2.24) is 9.97 Å². The summed E-state index contributed by atoms with van der Waals surface area (Å²) in [7, 11) is 0. The summed E-state index contributed by atoms with van der Waals surface area (Å²) in [4.78, 5) is 27.2. The highest BCUT2D eigenvalue weighted by Gasteiger charge is 2.40. The van der Waals surface area contributed by atoms with Gasteiger partial charge in [-0.05, 0) is 55.9 Å². The fourth-order valence-corrected chi connectivity index (χ4v) is 6.21. The number of rotatable bonds is 6. The lowest BCUT2D eigenvalue weighted by molar-refractivity contribution is -0.119. The number of thioether (sulfide) groups is 1. The van der Waals surface area contributed by atoms with E-state index >= 15 is 0 Å². The Hall–Kier alpha value is -3.18. The molecule has 1 aromatic carbocycles. The molecule has 0 saturated heterocycles. The van der Waals surface area contributed by atoms with E-state index < -0.39 is 0 Å². The number of amides is 1. The minimum atomic E-state index is -0.357. The molecule has 0 N–H and O–H groups in total. The van der Waals surface area contributed by atoms with Crippen molar-refractivity contribution in [2.24, 2.45) is 5.92 Å². The van der Waals surface area contributed by atoms with Crippen molar-refractivity contribution in [2.75, 3.05) is 9.80 Å². The average Bonchev–Trinajstić information content (AvgIpc) is 2.87. The van der Waals surface area contributed by atoms with Gasteiger partial charge in [0.15, 0.2) is 11.6 Å². The van der Waals surface area contributed by atoms with Crippen molar-refractivity contribution < 1.29 is 9.18 Å². The molecule has 1 aromatic heterocycles. The number of benzene rings is 1. The molecular formula is C27H30FN5OS. The zero-order valence-corrected chi connectivity index (χ0v) is 21.3. The van der Waals surface area contributed by atoms with E-state index in [-0.39, 0.29) is 35.0 Å². The second kappa shape index (κ2) is 10.2. The molecule has 182 valence electrons. The summed E-state index contributed by atoms with van der Waals surface area (Å²) in [5, 5.41) is 9.65. The van der Waals surface area contributed by atoms with Crippen LogP contribution in [0.3, 0.4) is 0 Å². The van der Waals surface area contributed by atoms with Crippen molar-refractivity contribution in [2.45, 2.75) is 64.3 Å². The van der Waals surface area contributed by atoms with Crippen molar-refractivity contribution in [3.63, 3.8) is 0 Å². The molecule has 3 atom stereocenters. The largest absolute Gasteiger partial charge is 0.340 e. The van der Waals surface area contributed by atoms with Crippen LogP contribution in [-0.2, 0) is 4.79 Å². The molecule has 35 heavy (non-hydrogen) atoms. The maximum atomic E-state index is 13.7. The fraction of sp³-hybridized carbons (Fsp3) is 0.407. The first-order chi connectivity index (χ1) is 16.8. The van der Waals surface area contributed by atoms with Crippen LogP contribution in [0.25, 0.3) is 10.5 Å². The van der Waals surface area contributed by atoms with Crippen molar-refractivity contribution in [3.05, 3.63) is 60.4 Å². The van der Waals surface area contributed by atoms with Crippen LogP contribution in [0.1, 0.15) is 58.3 Å². The van der Waals surface area contributed by atoms with E-state index in [1.807, 2.05) is 25.7 Å². The SMILES string of the molecule is C=CN1C(=O)C(CC)N(C(C)C)c2nc(C3=C(c4ccc(F)cc4)CC(CC)C(C#N)S3)ncc21. The van der Waals surface area contributed by atoms with Gasteiger partial charge in [0.25, 0.3) is 5.91 Å². The van der Waals surface area contributed by atoms with Crippen LogP contribution in [0.2, 0.25) is 0 Å². The third kappa shape index (κ3) is 4.45. The normalized spacial score (nSPS) is 22.3. The average molecular weight is 492 g/mol. The van der Waals surface area contributed by atoms with Crippen LogP contribution < -0.4 is 9.80 Å². The van der Waals surface area contributed by atoms with Gasteiger partial charge in [-0.25, -0.2) is 14.4 Å². The van der Waals surface area contributed by atoms with Gasteiger partial charge >= 0.3 is 0 Å². The molecular weight excluding hydrogens is 461 g/mol. The minimum Gasteiger partial charge on any atom is -0.340 e. The monoisotopic (exact) mass is 491 g/mol. The Bertz CT molecular complexity index is 1200. The van der Waals surface area contributed by atoms with Crippen molar-refractivity contribution >= 4 is 39.7 Å². The predicted octanol–water partition coefficient (Wildman–Crippen LogP) is 6.02. The van der Waals surface area contributed by atoms with E-state index in [0.717, 1.165) is 22.5 Å². The van der Waals surface area contributed by atoms with Gasteiger partial charge in [-0.2, -0.15) is 5.26 Å². The number of hydrogen-bond acceptors (Lipinski definition) is 6. The Morgan fingerprint density at radius 2 is 2.00 bits per heavy atom. The van der Waals surface area contributed by atoms with Crippen molar-refractivity contribution in [1.29, 1.82) is 5.26 Å². The van der Waals surface area contributed by atoms with Gasteiger partial charge in [-0.1, -0.05) is 39.0 Å². The summed E-state index contributed by atoms with van der Waals surface area (Å²) in [5.74, 6) is 1.03.